The monoisotopic (exact) mass is 159 g/mol. The fraction of sp³-hybridized carbons (Fsp3) is 0.182. The third-order valence-corrected chi connectivity index (χ3v) is 1.66. The molecule has 1 aromatic rings. The van der Waals surface area contributed by atoms with Crippen molar-refractivity contribution in [1.82, 2.24) is 0 Å². The molecule has 0 radical (unpaired) electrons. The second-order valence-corrected chi connectivity index (χ2v) is 2.74. The second-order valence-electron chi connectivity index (χ2n) is 2.74. The number of aryl methyl sites for hydroxylation is 1. The van der Waals surface area contributed by atoms with Gasteiger partial charge < -0.3 is 0 Å². The molecule has 62 valence electrons. The van der Waals surface area contributed by atoms with Crippen LogP contribution in [-0.2, 0) is 0 Å². The summed E-state index contributed by atoms with van der Waals surface area (Å²) < 4.78 is 0. The molecule has 0 saturated heterocycles. The van der Waals surface area contributed by atoms with E-state index < -0.39 is 0 Å². The Morgan fingerprint density at radius 1 is 1.42 bits per heavy atom. The third kappa shape index (κ3) is 2.06. The molecule has 0 heterocycles. The Morgan fingerprint density at radius 3 is 2.83 bits per heavy atom. The first kappa shape index (κ1) is 8.72. The summed E-state index contributed by atoms with van der Waals surface area (Å²) in [6.45, 7) is 7.87. The van der Waals surface area contributed by atoms with E-state index in [-0.39, 0.29) is 0 Å². The van der Waals surface area contributed by atoms with E-state index in [9.17, 15) is 0 Å². The molecule has 12 heavy (non-hydrogen) atoms. The van der Waals surface area contributed by atoms with E-state index >= 15 is 0 Å². The maximum Gasteiger partial charge on any atom is 0.0342 e. The molecule has 0 fully saturated rings. The zero-order chi connectivity index (χ0) is 8.97. The van der Waals surface area contributed by atoms with Gasteiger partial charge in [0.05, 0.1) is 0 Å². The van der Waals surface area contributed by atoms with Gasteiger partial charge in [-0.15, -0.1) is 0 Å². The van der Waals surface area contributed by atoms with Gasteiger partial charge in [-0.1, -0.05) is 24.3 Å². The van der Waals surface area contributed by atoms with E-state index in [4.69, 9.17) is 0 Å². The molecule has 1 rings (SSSR count). The lowest BCUT2D eigenvalue weighted by Crippen LogP contribution is -2.22. The summed E-state index contributed by atoms with van der Waals surface area (Å²) in [7, 11) is 0. The van der Waals surface area contributed by atoms with Crippen LogP contribution < -0.4 is 10.4 Å². The molecule has 0 bridgehead atoms. The quantitative estimate of drug-likeness (QED) is 0.547. The minimum Gasteiger partial charge on any atom is -0.269 e. The van der Waals surface area contributed by atoms with Gasteiger partial charge in [0.2, 0.25) is 0 Å². The van der Waals surface area contributed by atoms with E-state index in [1.807, 2.05) is 19.2 Å². The van der Waals surface area contributed by atoms with Gasteiger partial charge in [-0.25, -0.2) is 0 Å². The van der Waals surface area contributed by atoms with Crippen molar-refractivity contribution in [2.24, 2.45) is 4.99 Å². The molecule has 0 N–H and O–H groups in total. The molecule has 1 heteroatoms. The molecular formula is C11H13N. The summed E-state index contributed by atoms with van der Waals surface area (Å²) in [5.74, 6) is 0. The van der Waals surface area contributed by atoms with Gasteiger partial charge in [0, 0.05) is 12.4 Å². The number of nitrogens with zero attached hydrogens (tertiary/aromatic N) is 1. The number of aliphatic imine (C=N–C) groups is 1. The first-order valence-electron chi connectivity index (χ1n) is 3.97. The predicted molar refractivity (Wildman–Crippen MR) is 54.6 cm³/mol. The van der Waals surface area contributed by atoms with Gasteiger partial charge in [-0.3, -0.25) is 4.99 Å². The molecule has 0 aliphatic rings. The molecule has 1 nitrogen and oxygen atoms in total. The molecule has 0 atom stereocenters. The van der Waals surface area contributed by atoms with Gasteiger partial charge in [0.1, 0.15) is 0 Å². The van der Waals surface area contributed by atoms with Crippen LogP contribution >= 0.6 is 0 Å². The topological polar surface area (TPSA) is 12.4 Å². The summed E-state index contributed by atoms with van der Waals surface area (Å²) in [5, 5.41) is 2.11. The fourth-order valence-electron chi connectivity index (χ4n) is 0.989. The Labute approximate surface area is 72.8 Å². The smallest absolute Gasteiger partial charge is 0.0342 e. The lowest BCUT2D eigenvalue weighted by molar-refractivity contribution is 1.40. The number of hydrogen-bond acceptors (Lipinski definition) is 1. The minimum atomic E-state index is 1.02. The summed E-state index contributed by atoms with van der Waals surface area (Å²) in [6.07, 6.45) is 3.59. The van der Waals surface area contributed by atoms with Crippen LogP contribution in [0, 0.1) is 6.92 Å². The van der Waals surface area contributed by atoms with Crippen LogP contribution in [0.1, 0.15) is 12.5 Å². The number of hydrogen-bond donors (Lipinski definition) is 0. The van der Waals surface area contributed by atoms with Crippen molar-refractivity contribution in [2.75, 3.05) is 0 Å². The van der Waals surface area contributed by atoms with E-state index in [2.05, 4.69) is 30.6 Å². The van der Waals surface area contributed by atoms with Gasteiger partial charge >= 0.3 is 0 Å². The fourth-order valence-corrected chi connectivity index (χ4v) is 0.989. The van der Waals surface area contributed by atoms with Crippen molar-refractivity contribution in [3.63, 3.8) is 0 Å². The molecular weight excluding hydrogens is 146 g/mol. The highest BCUT2D eigenvalue weighted by molar-refractivity contribution is 5.57. The highest BCUT2D eigenvalue weighted by Gasteiger charge is 1.83. The maximum absolute atomic E-state index is 4.05. The van der Waals surface area contributed by atoms with E-state index in [0.717, 1.165) is 10.4 Å². The summed E-state index contributed by atoms with van der Waals surface area (Å²) >= 11 is 0. The molecule has 0 aliphatic heterocycles. The summed E-state index contributed by atoms with van der Waals surface area (Å²) in [6, 6.07) is 6.14. The normalized spacial score (nSPS) is 12.7. The molecule has 0 saturated carbocycles. The molecule has 1 aromatic carbocycles. The van der Waals surface area contributed by atoms with Gasteiger partial charge in [-0.05, 0) is 30.4 Å². The summed E-state index contributed by atoms with van der Waals surface area (Å²) in [5.41, 5.74) is 1.24. The maximum atomic E-state index is 4.05. The van der Waals surface area contributed by atoms with Crippen molar-refractivity contribution in [3.05, 3.63) is 34.2 Å². The Hall–Kier alpha value is -1.37. The first-order valence-corrected chi connectivity index (χ1v) is 3.97. The average Bonchev–Trinajstić information content (AvgIpc) is 2.07. The van der Waals surface area contributed by atoms with Crippen molar-refractivity contribution >= 4 is 19.0 Å². The summed E-state index contributed by atoms with van der Waals surface area (Å²) in [4.78, 5) is 4.05. The molecule has 0 unspecified atom stereocenters. The molecule has 0 spiro atoms. The standard InChI is InChI=1S/C11H13N/c1-4-12-8-11-7-9(2)5-6-10(11)3/h4-8H,3H2,1-2H3/b11-8-,12-4?. The van der Waals surface area contributed by atoms with E-state index in [1.165, 1.54) is 5.56 Å². The Bertz CT molecular complexity index is 388. The second kappa shape index (κ2) is 3.86. The molecule has 0 aromatic heterocycles. The highest BCUT2D eigenvalue weighted by Crippen LogP contribution is 1.85. The van der Waals surface area contributed by atoms with Gasteiger partial charge in [0.15, 0.2) is 0 Å². The van der Waals surface area contributed by atoms with Crippen molar-refractivity contribution in [1.29, 1.82) is 0 Å². The van der Waals surface area contributed by atoms with Crippen LogP contribution in [0.4, 0.5) is 0 Å². The lowest BCUT2D eigenvalue weighted by Gasteiger charge is -1.90. The van der Waals surface area contributed by atoms with Crippen LogP contribution in [-0.4, -0.2) is 6.21 Å². The zero-order valence-electron chi connectivity index (χ0n) is 7.54. The van der Waals surface area contributed by atoms with Crippen molar-refractivity contribution in [3.8, 4) is 0 Å². The SMILES string of the molecule is C=c1ccc(C)c/c1=C/N=CC. The minimum absolute atomic E-state index is 1.02. The van der Waals surface area contributed by atoms with Crippen LogP contribution in [0.15, 0.2) is 23.2 Å². The van der Waals surface area contributed by atoms with Crippen LogP contribution in [0.3, 0.4) is 0 Å². The average molecular weight is 159 g/mol. The third-order valence-electron chi connectivity index (χ3n) is 1.66. The van der Waals surface area contributed by atoms with Crippen LogP contribution in [0.2, 0.25) is 0 Å². The zero-order valence-corrected chi connectivity index (χ0v) is 7.54. The van der Waals surface area contributed by atoms with Gasteiger partial charge in [0.25, 0.3) is 0 Å². The van der Waals surface area contributed by atoms with E-state index in [1.54, 1.807) is 6.21 Å². The number of benzene rings is 1. The lowest BCUT2D eigenvalue weighted by atomic mass is 10.2. The molecule has 0 aliphatic carbocycles. The highest BCUT2D eigenvalue weighted by atomic mass is 14.6. The van der Waals surface area contributed by atoms with Crippen molar-refractivity contribution < 1.29 is 0 Å². The molecule has 0 amide bonds. The van der Waals surface area contributed by atoms with Gasteiger partial charge in [-0.2, -0.15) is 0 Å². The van der Waals surface area contributed by atoms with Crippen LogP contribution in [0.25, 0.3) is 12.8 Å². The Morgan fingerprint density at radius 2 is 2.17 bits per heavy atom. The largest absolute Gasteiger partial charge is 0.269 e. The number of rotatable bonds is 1. The van der Waals surface area contributed by atoms with E-state index in [0.29, 0.717) is 0 Å². The Balaban J connectivity index is 3.32. The first-order chi connectivity index (χ1) is 5.74. The Kier molecular flexibility index (Phi) is 2.81. The van der Waals surface area contributed by atoms with Crippen LogP contribution in [0.5, 0.6) is 0 Å². The predicted octanol–water partition coefficient (Wildman–Crippen LogP) is 1.23. The van der Waals surface area contributed by atoms with Crippen molar-refractivity contribution in [2.45, 2.75) is 13.8 Å².